The van der Waals surface area contributed by atoms with Crippen LogP contribution in [0.4, 0.5) is 0 Å². The van der Waals surface area contributed by atoms with Gasteiger partial charge >= 0.3 is 0 Å². The molecule has 1 aromatic carbocycles. The Morgan fingerprint density at radius 2 is 1.96 bits per heavy atom. The maximum absolute atomic E-state index is 12.7. The largest absolute Gasteiger partial charge is 0.354 e. The van der Waals surface area contributed by atoms with E-state index in [0.29, 0.717) is 13.1 Å². The van der Waals surface area contributed by atoms with E-state index in [1.807, 2.05) is 44.2 Å². The molecule has 0 aliphatic heterocycles. The third-order valence-corrected chi connectivity index (χ3v) is 3.91. The van der Waals surface area contributed by atoms with Crippen molar-refractivity contribution in [1.82, 2.24) is 20.2 Å². The van der Waals surface area contributed by atoms with Crippen LogP contribution in [0, 0.1) is 0 Å². The minimum atomic E-state index is -0.228. The van der Waals surface area contributed by atoms with Gasteiger partial charge in [0.05, 0.1) is 6.20 Å². The van der Waals surface area contributed by atoms with E-state index in [1.54, 1.807) is 4.90 Å². The first-order valence-corrected chi connectivity index (χ1v) is 8.48. The summed E-state index contributed by atoms with van der Waals surface area (Å²) in [5, 5.41) is 2.92. The normalized spacial score (nSPS) is 11.6. The maximum atomic E-state index is 12.7. The van der Waals surface area contributed by atoms with E-state index in [9.17, 15) is 9.59 Å². The Morgan fingerprint density at radius 3 is 2.60 bits per heavy atom. The summed E-state index contributed by atoms with van der Waals surface area (Å²) in [7, 11) is 0. The molecule has 0 spiro atoms. The molecule has 1 heterocycles. The summed E-state index contributed by atoms with van der Waals surface area (Å²) in [4.78, 5) is 34.4. The molecular weight excluding hydrogens is 316 g/mol. The van der Waals surface area contributed by atoms with Crippen LogP contribution in [0.25, 0.3) is 0 Å². The Kier molecular flexibility index (Phi) is 7.07. The lowest BCUT2D eigenvalue weighted by molar-refractivity contribution is -0.121. The Balaban J connectivity index is 2.06. The van der Waals surface area contributed by atoms with E-state index in [-0.39, 0.29) is 30.0 Å². The third-order valence-electron chi connectivity index (χ3n) is 3.91. The predicted octanol–water partition coefficient (Wildman–Crippen LogP) is 2.42. The molecule has 1 unspecified atom stereocenters. The van der Waals surface area contributed by atoms with Crippen LogP contribution in [0.15, 0.2) is 48.9 Å². The van der Waals surface area contributed by atoms with Gasteiger partial charge in [-0.2, -0.15) is 0 Å². The third kappa shape index (κ3) is 5.99. The van der Waals surface area contributed by atoms with Gasteiger partial charge in [-0.25, -0.2) is 4.98 Å². The van der Waals surface area contributed by atoms with E-state index >= 15 is 0 Å². The van der Waals surface area contributed by atoms with Gasteiger partial charge in [0.1, 0.15) is 5.69 Å². The summed E-state index contributed by atoms with van der Waals surface area (Å²) >= 11 is 0. The number of nitrogens with zero attached hydrogens (tertiary/aromatic N) is 3. The number of hydrogen-bond acceptors (Lipinski definition) is 4. The van der Waals surface area contributed by atoms with Crippen LogP contribution in [0.3, 0.4) is 0 Å². The number of nitrogens with one attached hydrogen (secondary N) is 1. The molecular formula is C19H24N4O2. The zero-order valence-electron chi connectivity index (χ0n) is 14.7. The molecule has 0 aliphatic carbocycles. The molecule has 6 nitrogen and oxygen atoms in total. The molecule has 1 atom stereocenters. The smallest absolute Gasteiger partial charge is 0.274 e. The molecule has 1 aromatic heterocycles. The summed E-state index contributed by atoms with van der Waals surface area (Å²) in [6.45, 7) is 4.73. The highest BCUT2D eigenvalue weighted by atomic mass is 16.2. The van der Waals surface area contributed by atoms with Gasteiger partial charge in [-0.3, -0.25) is 14.6 Å². The van der Waals surface area contributed by atoms with Gasteiger partial charge < -0.3 is 10.2 Å². The maximum Gasteiger partial charge on any atom is 0.274 e. The fourth-order valence-electron chi connectivity index (χ4n) is 2.31. The van der Waals surface area contributed by atoms with Gasteiger partial charge in [0.2, 0.25) is 5.91 Å². The standard InChI is InChI=1S/C19H24N4O2/c1-3-15(2)22-18(24)9-12-23(14-16-7-5-4-6-8-16)19(25)17-13-20-10-11-21-17/h4-8,10-11,13,15H,3,9,12,14H2,1-2H3,(H,22,24). The molecule has 0 fully saturated rings. The van der Waals surface area contributed by atoms with Gasteiger partial charge in [0.25, 0.3) is 5.91 Å². The van der Waals surface area contributed by atoms with Gasteiger partial charge in [-0.15, -0.1) is 0 Å². The summed E-state index contributed by atoms with van der Waals surface area (Å²) in [6, 6.07) is 9.82. The Labute approximate surface area is 148 Å². The quantitative estimate of drug-likeness (QED) is 0.801. The van der Waals surface area contributed by atoms with Crippen molar-refractivity contribution < 1.29 is 9.59 Å². The van der Waals surface area contributed by atoms with Crippen molar-refractivity contribution in [2.24, 2.45) is 0 Å². The first kappa shape index (κ1) is 18.6. The predicted molar refractivity (Wildman–Crippen MR) is 95.7 cm³/mol. The van der Waals surface area contributed by atoms with Crippen molar-refractivity contribution in [3.63, 3.8) is 0 Å². The van der Waals surface area contributed by atoms with Crippen molar-refractivity contribution in [1.29, 1.82) is 0 Å². The Morgan fingerprint density at radius 1 is 1.20 bits per heavy atom. The zero-order valence-corrected chi connectivity index (χ0v) is 14.7. The van der Waals surface area contributed by atoms with Gasteiger partial charge in [-0.1, -0.05) is 37.3 Å². The van der Waals surface area contributed by atoms with Gasteiger partial charge in [0.15, 0.2) is 0 Å². The number of amides is 2. The number of aromatic nitrogens is 2. The monoisotopic (exact) mass is 340 g/mol. The molecule has 2 amide bonds. The summed E-state index contributed by atoms with van der Waals surface area (Å²) < 4.78 is 0. The van der Waals surface area contributed by atoms with Crippen molar-refractivity contribution in [3.05, 3.63) is 60.2 Å². The Bertz CT molecular complexity index is 676. The van der Waals surface area contributed by atoms with Crippen molar-refractivity contribution >= 4 is 11.8 Å². The number of benzene rings is 1. The Hall–Kier alpha value is -2.76. The van der Waals surface area contributed by atoms with Crippen LogP contribution in [0.1, 0.15) is 42.7 Å². The molecule has 1 N–H and O–H groups in total. The average molecular weight is 340 g/mol. The lowest BCUT2D eigenvalue weighted by Gasteiger charge is -2.22. The van der Waals surface area contributed by atoms with Crippen LogP contribution in [0.2, 0.25) is 0 Å². The minimum Gasteiger partial charge on any atom is -0.354 e. The number of carbonyl (C=O) groups is 2. The van der Waals surface area contributed by atoms with E-state index in [2.05, 4.69) is 15.3 Å². The highest BCUT2D eigenvalue weighted by Crippen LogP contribution is 2.09. The molecule has 6 heteroatoms. The van der Waals surface area contributed by atoms with E-state index < -0.39 is 0 Å². The van der Waals surface area contributed by atoms with Crippen LogP contribution in [0.5, 0.6) is 0 Å². The van der Waals surface area contributed by atoms with Crippen molar-refractivity contribution in [2.75, 3.05) is 6.54 Å². The molecule has 0 radical (unpaired) electrons. The van der Waals surface area contributed by atoms with Crippen molar-refractivity contribution in [3.8, 4) is 0 Å². The highest BCUT2D eigenvalue weighted by molar-refractivity contribution is 5.92. The second-order valence-corrected chi connectivity index (χ2v) is 5.93. The molecule has 2 rings (SSSR count). The lowest BCUT2D eigenvalue weighted by Crippen LogP contribution is -2.37. The van der Waals surface area contributed by atoms with Crippen LogP contribution < -0.4 is 5.32 Å². The fourth-order valence-corrected chi connectivity index (χ4v) is 2.31. The molecule has 0 bridgehead atoms. The second kappa shape index (κ2) is 9.52. The molecule has 2 aromatic rings. The van der Waals surface area contributed by atoms with Crippen molar-refractivity contribution in [2.45, 2.75) is 39.3 Å². The molecule has 0 saturated carbocycles. The molecule has 132 valence electrons. The SMILES string of the molecule is CCC(C)NC(=O)CCN(Cc1ccccc1)C(=O)c1cnccn1. The van der Waals surface area contributed by atoms with Crippen LogP contribution in [-0.2, 0) is 11.3 Å². The van der Waals surface area contributed by atoms with Gasteiger partial charge in [-0.05, 0) is 18.9 Å². The molecule has 0 aliphatic rings. The van der Waals surface area contributed by atoms with Crippen LogP contribution >= 0.6 is 0 Å². The minimum absolute atomic E-state index is 0.0562. The first-order valence-electron chi connectivity index (χ1n) is 8.48. The summed E-state index contributed by atoms with van der Waals surface area (Å²) in [5.41, 5.74) is 1.28. The number of hydrogen-bond donors (Lipinski definition) is 1. The second-order valence-electron chi connectivity index (χ2n) is 5.93. The van der Waals surface area contributed by atoms with Gasteiger partial charge in [0, 0.05) is 37.9 Å². The topological polar surface area (TPSA) is 75.2 Å². The summed E-state index contributed by atoms with van der Waals surface area (Å²) in [6.07, 6.45) is 5.59. The number of rotatable bonds is 8. The summed E-state index contributed by atoms with van der Waals surface area (Å²) in [5.74, 6) is -0.285. The van der Waals surface area contributed by atoms with E-state index in [4.69, 9.17) is 0 Å². The fraction of sp³-hybridized carbons (Fsp3) is 0.368. The average Bonchev–Trinajstić information content (AvgIpc) is 2.66. The first-order chi connectivity index (χ1) is 12.1. The van der Waals surface area contributed by atoms with E-state index in [1.165, 1.54) is 18.6 Å². The zero-order chi connectivity index (χ0) is 18.1. The van der Waals surface area contributed by atoms with Crippen LogP contribution in [-0.4, -0.2) is 39.3 Å². The molecule has 0 saturated heterocycles. The highest BCUT2D eigenvalue weighted by Gasteiger charge is 2.19. The number of carbonyl (C=O) groups excluding carboxylic acids is 2. The lowest BCUT2D eigenvalue weighted by atomic mass is 10.2. The van der Waals surface area contributed by atoms with E-state index in [0.717, 1.165) is 12.0 Å². The molecule has 25 heavy (non-hydrogen) atoms.